The summed E-state index contributed by atoms with van der Waals surface area (Å²) in [5, 5.41) is 7.52. The lowest BCUT2D eigenvalue weighted by Gasteiger charge is -2.09. The van der Waals surface area contributed by atoms with Crippen LogP contribution >= 0.6 is 0 Å². The molecule has 0 atom stereocenters. The first-order valence-corrected chi connectivity index (χ1v) is 8.04. The van der Waals surface area contributed by atoms with E-state index in [1.807, 2.05) is 0 Å². The minimum atomic E-state index is -3.77. The lowest BCUT2D eigenvalue weighted by molar-refractivity contribution is -0.118. The molecule has 0 heterocycles. The van der Waals surface area contributed by atoms with E-state index in [9.17, 15) is 18.0 Å². The smallest absolute Gasteiger partial charge is 0.262 e. The summed E-state index contributed by atoms with van der Waals surface area (Å²) >= 11 is 0. The zero-order valence-electron chi connectivity index (χ0n) is 11.9. The molecule has 1 amide bonds. The summed E-state index contributed by atoms with van der Waals surface area (Å²) in [6.07, 6.45) is 0.638. The van der Waals surface area contributed by atoms with E-state index in [1.54, 1.807) is 24.3 Å². The Kier molecular flexibility index (Phi) is 5.09. The normalized spacial score (nSPS) is 10.8. The molecule has 0 bridgehead atoms. The molecular formula is C15H14N2O5S. The van der Waals surface area contributed by atoms with Gasteiger partial charge >= 0.3 is 0 Å². The van der Waals surface area contributed by atoms with Gasteiger partial charge in [-0.2, -0.15) is 0 Å². The highest BCUT2D eigenvalue weighted by Crippen LogP contribution is 2.16. The second-order valence-electron chi connectivity index (χ2n) is 4.56. The first kappa shape index (κ1) is 16.7. The predicted octanol–water partition coefficient (Wildman–Crippen LogP) is 1.16. The van der Waals surface area contributed by atoms with Gasteiger partial charge in [0.15, 0.2) is 12.9 Å². The predicted molar refractivity (Wildman–Crippen MR) is 83.8 cm³/mol. The first-order chi connectivity index (χ1) is 10.9. The number of nitrogens with one attached hydrogen (secondary N) is 1. The van der Waals surface area contributed by atoms with Crippen LogP contribution in [0.25, 0.3) is 0 Å². The van der Waals surface area contributed by atoms with Gasteiger partial charge in [0.05, 0.1) is 10.5 Å². The van der Waals surface area contributed by atoms with Gasteiger partial charge in [0.25, 0.3) is 5.91 Å². The summed E-state index contributed by atoms with van der Waals surface area (Å²) in [6, 6.07) is 11.9. The number of rotatable bonds is 6. The van der Waals surface area contributed by atoms with Crippen molar-refractivity contribution in [2.45, 2.75) is 4.90 Å². The fourth-order valence-electron chi connectivity index (χ4n) is 1.78. The molecule has 0 saturated heterocycles. The van der Waals surface area contributed by atoms with Crippen molar-refractivity contribution in [3.05, 3.63) is 54.1 Å². The molecule has 0 aliphatic heterocycles. The number of anilines is 1. The molecule has 7 nitrogen and oxygen atoms in total. The number of ether oxygens (including phenoxy) is 1. The van der Waals surface area contributed by atoms with Crippen LogP contribution in [0.4, 0.5) is 5.69 Å². The molecule has 0 aromatic heterocycles. The minimum Gasteiger partial charge on any atom is -0.483 e. The summed E-state index contributed by atoms with van der Waals surface area (Å²) in [5.41, 5.74) is 0.743. The summed E-state index contributed by atoms with van der Waals surface area (Å²) < 4.78 is 27.5. The summed E-state index contributed by atoms with van der Waals surface area (Å²) in [5.74, 6) is -0.142. The Morgan fingerprint density at radius 2 is 1.78 bits per heavy atom. The Bertz CT molecular complexity index is 816. The number of sulfonamides is 1. The number of aldehydes is 1. The molecule has 0 aliphatic carbocycles. The van der Waals surface area contributed by atoms with Crippen molar-refractivity contribution in [1.29, 1.82) is 0 Å². The maximum Gasteiger partial charge on any atom is 0.262 e. The van der Waals surface area contributed by atoms with Crippen LogP contribution in [0.2, 0.25) is 0 Å². The molecule has 2 rings (SSSR count). The number of amides is 1. The topological polar surface area (TPSA) is 116 Å². The Balaban J connectivity index is 1.96. The molecule has 0 saturated carbocycles. The minimum absolute atomic E-state index is 0.0494. The summed E-state index contributed by atoms with van der Waals surface area (Å²) in [7, 11) is -3.77. The molecule has 0 aliphatic rings. The van der Waals surface area contributed by atoms with E-state index >= 15 is 0 Å². The third kappa shape index (κ3) is 4.63. The van der Waals surface area contributed by atoms with Gasteiger partial charge < -0.3 is 10.1 Å². The molecule has 0 radical (unpaired) electrons. The van der Waals surface area contributed by atoms with Gasteiger partial charge in [-0.15, -0.1) is 0 Å². The maximum atomic E-state index is 11.8. The lowest BCUT2D eigenvalue weighted by atomic mass is 10.2. The Labute approximate surface area is 133 Å². The van der Waals surface area contributed by atoms with Crippen molar-refractivity contribution in [3.8, 4) is 5.75 Å². The molecule has 2 aromatic rings. The number of para-hydroxylation sites is 1. The number of benzene rings is 2. The number of hydrogen-bond donors (Lipinski definition) is 2. The number of hydrogen-bond acceptors (Lipinski definition) is 5. The van der Waals surface area contributed by atoms with Crippen LogP contribution in [0.15, 0.2) is 53.4 Å². The first-order valence-electron chi connectivity index (χ1n) is 6.50. The SMILES string of the molecule is NS(=O)(=O)c1ccc(NC(=O)COc2ccccc2C=O)cc1. The van der Waals surface area contributed by atoms with Crippen molar-refractivity contribution in [2.24, 2.45) is 5.14 Å². The van der Waals surface area contributed by atoms with Gasteiger partial charge in [-0.3, -0.25) is 9.59 Å². The van der Waals surface area contributed by atoms with E-state index in [0.717, 1.165) is 0 Å². The van der Waals surface area contributed by atoms with Crippen LogP contribution in [0.3, 0.4) is 0 Å². The van der Waals surface area contributed by atoms with Crippen LogP contribution < -0.4 is 15.2 Å². The van der Waals surface area contributed by atoms with Crippen LogP contribution in [-0.4, -0.2) is 27.2 Å². The molecule has 120 valence electrons. The van der Waals surface area contributed by atoms with Gasteiger partial charge in [-0.25, -0.2) is 13.6 Å². The monoisotopic (exact) mass is 334 g/mol. The average molecular weight is 334 g/mol. The third-order valence-electron chi connectivity index (χ3n) is 2.87. The Morgan fingerprint density at radius 1 is 1.13 bits per heavy atom. The van der Waals surface area contributed by atoms with E-state index in [2.05, 4.69) is 5.32 Å². The van der Waals surface area contributed by atoms with Gasteiger partial charge in [0.2, 0.25) is 10.0 Å². The average Bonchev–Trinajstić information content (AvgIpc) is 2.53. The quantitative estimate of drug-likeness (QED) is 0.769. The highest BCUT2D eigenvalue weighted by molar-refractivity contribution is 7.89. The molecule has 3 N–H and O–H groups in total. The van der Waals surface area contributed by atoms with E-state index in [-0.39, 0.29) is 11.5 Å². The second kappa shape index (κ2) is 7.03. The van der Waals surface area contributed by atoms with Crippen molar-refractivity contribution in [2.75, 3.05) is 11.9 Å². The lowest BCUT2D eigenvalue weighted by Crippen LogP contribution is -2.20. The van der Waals surface area contributed by atoms with Crippen LogP contribution in [0.5, 0.6) is 5.75 Å². The van der Waals surface area contributed by atoms with Crippen molar-refractivity contribution in [1.82, 2.24) is 0 Å². The Hall–Kier alpha value is -2.71. The standard InChI is InChI=1S/C15H14N2O5S/c16-23(20,21)13-7-5-12(6-8-13)17-15(19)10-22-14-4-2-1-3-11(14)9-18/h1-9H,10H2,(H,17,19)(H2,16,20,21). The fraction of sp³-hybridized carbons (Fsp3) is 0.0667. The van der Waals surface area contributed by atoms with Crippen LogP contribution in [0, 0.1) is 0 Å². The van der Waals surface area contributed by atoms with E-state index in [0.29, 0.717) is 23.3 Å². The van der Waals surface area contributed by atoms with Crippen LogP contribution in [-0.2, 0) is 14.8 Å². The molecule has 0 unspecified atom stereocenters. The number of carbonyl (C=O) groups excluding carboxylic acids is 2. The van der Waals surface area contributed by atoms with Crippen molar-refractivity contribution < 1.29 is 22.7 Å². The molecule has 0 fully saturated rings. The van der Waals surface area contributed by atoms with Crippen molar-refractivity contribution >= 4 is 27.9 Å². The number of nitrogens with two attached hydrogens (primary N) is 1. The zero-order valence-corrected chi connectivity index (χ0v) is 12.7. The number of carbonyl (C=O) groups is 2. The van der Waals surface area contributed by atoms with E-state index in [1.165, 1.54) is 24.3 Å². The van der Waals surface area contributed by atoms with Gasteiger partial charge in [-0.05, 0) is 36.4 Å². The highest BCUT2D eigenvalue weighted by Gasteiger charge is 2.09. The zero-order chi connectivity index (χ0) is 16.9. The van der Waals surface area contributed by atoms with Gasteiger partial charge in [0, 0.05) is 5.69 Å². The number of primary sulfonamides is 1. The maximum absolute atomic E-state index is 11.8. The summed E-state index contributed by atoms with van der Waals surface area (Å²) in [6.45, 7) is -0.290. The highest BCUT2D eigenvalue weighted by atomic mass is 32.2. The molecule has 0 spiro atoms. The van der Waals surface area contributed by atoms with Gasteiger partial charge in [-0.1, -0.05) is 12.1 Å². The molecule has 2 aromatic carbocycles. The van der Waals surface area contributed by atoms with E-state index in [4.69, 9.17) is 9.88 Å². The summed E-state index contributed by atoms with van der Waals surface area (Å²) in [4.78, 5) is 22.6. The van der Waals surface area contributed by atoms with Crippen LogP contribution in [0.1, 0.15) is 10.4 Å². The second-order valence-corrected chi connectivity index (χ2v) is 6.12. The fourth-order valence-corrected chi connectivity index (χ4v) is 2.29. The molecule has 8 heteroatoms. The Morgan fingerprint density at radius 3 is 2.39 bits per heavy atom. The van der Waals surface area contributed by atoms with Crippen molar-refractivity contribution in [3.63, 3.8) is 0 Å². The molecule has 23 heavy (non-hydrogen) atoms. The largest absolute Gasteiger partial charge is 0.483 e. The molecular weight excluding hydrogens is 320 g/mol. The third-order valence-corrected chi connectivity index (χ3v) is 3.80. The van der Waals surface area contributed by atoms with Gasteiger partial charge in [0.1, 0.15) is 5.75 Å². The van der Waals surface area contributed by atoms with E-state index < -0.39 is 15.9 Å².